The van der Waals surface area contributed by atoms with Crippen molar-refractivity contribution in [2.45, 2.75) is 27.7 Å². The van der Waals surface area contributed by atoms with Gasteiger partial charge < -0.3 is 5.73 Å². The molecular formula is C8H15NO2. The monoisotopic (exact) mass is 157 g/mol. The minimum absolute atomic E-state index is 0.0648. The van der Waals surface area contributed by atoms with Crippen LogP contribution in [0.2, 0.25) is 0 Å². The molecule has 0 fully saturated rings. The van der Waals surface area contributed by atoms with E-state index in [-0.39, 0.29) is 11.4 Å². The highest BCUT2D eigenvalue weighted by atomic mass is 16.2. The average Bonchev–Trinajstić information content (AvgIpc) is 1.91. The quantitative estimate of drug-likeness (QED) is 0.370. The highest BCUT2D eigenvalue weighted by Gasteiger charge is 2.06. The van der Waals surface area contributed by atoms with Crippen molar-refractivity contribution in [3.63, 3.8) is 0 Å². The molecule has 0 rings (SSSR count). The zero-order valence-electron chi connectivity index (χ0n) is 7.47. The maximum atomic E-state index is 10.4. The van der Waals surface area contributed by atoms with Crippen molar-refractivity contribution in [1.82, 2.24) is 0 Å². The predicted molar refractivity (Wildman–Crippen MR) is 45.0 cm³/mol. The fourth-order valence-corrected chi connectivity index (χ4v) is 0.519. The first-order chi connectivity index (χ1) is 5.09. The summed E-state index contributed by atoms with van der Waals surface area (Å²) in [6, 6.07) is 0. The van der Waals surface area contributed by atoms with Gasteiger partial charge in [-0.3, -0.25) is 9.59 Å². The molecule has 3 heteroatoms. The summed E-state index contributed by atoms with van der Waals surface area (Å²) in [4.78, 5) is 20.8. The Labute approximate surface area is 67.3 Å². The van der Waals surface area contributed by atoms with Crippen LogP contribution in [-0.4, -0.2) is 11.7 Å². The van der Waals surface area contributed by atoms with Crippen LogP contribution in [-0.2, 0) is 9.59 Å². The molecule has 0 aliphatic carbocycles. The summed E-state index contributed by atoms with van der Waals surface area (Å²) in [5.74, 6) is -0.949. The van der Waals surface area contributed by atoms with Crippen LogP contribution in [0.1, 0.15) is 27.7 Å². The Bertz CT molecular complexity index is 155. The number of Topliss-reactive ketones (excluding diaryl/α,β-unsaturated/α-hetero) is 1. The van der Waals surface area contributed by atoms with Gasteiger partial charge in [0.05, 0.1) is 5.57 Å². The fourth-order valence-electron chi connectivity index (χ4n) is 0.519. The Hall–Kier alpha value is -1.12. The van der Waals surface area contributed by atoms with Crippen LogP contribution in [0.15, 0.2) is 11.6 Å². The second-order valence-corrected chi connectivity index (χ2v) is 1.62. The van der Waals surface area contributed by atoms with Gasteiger partial charge in [-0.2, -0.15) is 0 Å². The number of rotatable bonds is 2. The van der Waals surface area contributed by atoms with E-state index in [2.05, 4.69) is 0 Å². The summed E-state index contributed by atoms with van der Waals surface area (Å²) in [6.45, 7) is 6.90. The molecular weight excluding hydrogens is 142 g/mol. The number of ketones is 1. The van der Waals surface area contributed by atoms with Crippen molar-refractivity contribution >= 4 is 11.7 Å². The summed E-state index contributed by atoms with van der Waals surface area (Å²) in [5, 5.41) is 0. The number of amides is 1. The van der Waals surface area contributed by atoms with Gasteiger partial charge in [0.1, 0.15) is 0 Å². The lowest BCUT2D eigenvalue weighted by Crippen LogP contribution is -2.18. The topological polar surface area (TPSA) is 60.2 Å². The Morgan fingerprint density at radius 3 is 1.64 bits per heavy atom. The Morgan fingerprint density at radius 1 is 1.27 bits per heavy atom. The number of carbonyl (C=O) groups excluding carboxylic acids is 2. The van der Waals surface area contributed by atoms with Crippen molar-refractivity contribution < 1.29 is 9.59 Å². The molecule has 0 saturated heterocycles. The molecule has 0 saturated carbocycles. The molecule has 0 bridgehead atoms. The first kappa shape index (κ1) is 12.5. The summed E-state index contributed by atoms with van der Waals surface area (Å²) in [6.07, 6.45) is 1.41. The summed E-state index contributed by atoms with van der Waals surface area (Å²) in [5.41, 5.74) is 4.88. The van der Waals surface area contributed by atoms with Crippen molar-refractivity contribution in [3.05, 3.63) is 11.6 Å². The molecule has 0 spiro atoms. The third kappa shape index (κ3) is 5.33. The van der Waals surface area contributed by atoms with Gasteiger partial charge in [-0.25, -0.2) is 0 Å². The molecule has 0 radical (unpaired) electrons. The number of hydrogen-bond acceptors (Lipinski definition) is 2. The van der Waals surface area contributed by atoms with Gasteiger partial charge in [-0.15, -0.1) is 0 Å². The van der Waals surface area contributed by atoms with Crippen LogP contribution < -0.4 is 5.73 Å². The second-order valence-electron chi connectivity index (χ2n) is 1.62. The van der Waals surface area contributed by atoms with E-state index in [4.69, 9.17) is 5.73 Å². The molecule has 0 aromatic carbocycles. The number of primary amides is 1. The van der Waals surface area contributed by atoms with E-state index in [1.807, 2.05) is 13.8 Å². The first-order valence-corrected chi connectivity index (χ1v) is 3.56. The zero-order valence-corrected chi connectivity index (χ0v) is 7.47. The van der Waals surface area contributed by atoms with E-state index in [0.29, 0.717) is 0 Å². The van der Waals surface area contributed by atoms with E-state index in [1.54, 1.807) is 6.92 Å². The maximum absolute atomic E-state index is 10.4. The molecule has 3 nitrogen and oxygen atoms in total. The van der Waals surface area contributed by atoms with E-state index in [0.717, 1.165) is 0 Å². The van der Waals surface area contributed by atoms with Crippen molar-refractivity contribution in [1.29, 1.82) is 0 Å². The predicted octanol–water partition coefficient (Wildman–Crippen LogP) is 1.03. The molecule has 64 valence electrons. The molecule has 1 amide bonds. The minimum Gasteiger partial charge on any atom is -0.365 e. The lowest BCUT2D eigenvalue weighted by atomic mass is 10.2. The highest BCUT2D eigenvalue weighted by molar-refractivity contribution is 6.17. The molecule has 0 heterocycles. The smallest absolute Gasteiger partial charge is 0.251 e. The SMILES string of the molecule is C/C=C(\C(C)=O)C(N)=O.CC. The summed E-state index contributed by atoms with van der Waals surface area (Å²) < 4.78 is 0. The van der Waals surface area contributed by atoms with Gasteiger partial charge in [0.25, 0.3) is 5.91 Å². The third-order valence-electron chi connectivity index (χ3n) is 0.933. The zero-order chi connectivity index (χ0) is 9.44. The molecule has 0 aromatic rings. The third-order valence-corrected chi connectivity index (χ3v) is 0.933. The van der Waals surface area contributed by atoms with E-state index in [9.17, 15) is 9.59 Å². The lowest BCUT2D eigenvalue weighted by molar-refractivity contribution is -0.119. The van der Waals surface area contributed by atoms with E-state index >= 15 is 0 Å². The Balaban J connectivity index is 0. The summed E-state index contributed by atoms with van der Waals surface area (Å²) >= 11 is 0. The fraction of sp³-hybridized carbons (Fsp3) is 0.500. The number of hydrogen-bond donors (Lipinski definition) is 1. The van der Waals surface area contributed by atoms with Gasteiger partial charge in [0, 0.05) is 0 Å². The molecule has 0 aromatic heterocycles. The van der Waals surface area contributed by atoms with Gasteiger partial charge in [-0.05, 0) is 13.8 Å². The van der Waals surface area contributed by atoms with Crippen LogP contribution >= 0.6 is 0 Å². The normalized spacial score (nSPS) is 9.64. The van der Waals surface area contributed by atoms with Gasteiger partial charge in [-0.1, -0.05) is 19.9 Å². The van der Waals surface area contributed by atoms with Crippen molar-refractivity contribution in [3.8, 4) is 0 Å². The standard InChI is InChI=1S/C6H9NO2.C2H6/c1-3-5(4(2)8)6(7)9;1-2/h3H,1-2H3,(H2,7,9);1-2H3/b5-3+;. The van der Waals surface area contributed by atoms with Gasteiger partial charge >= 0.3 is 0 Å². The molecule has 0 aliphatic heterocycles. The van der Waals surface area contributed by atoms with Crippen LogP contribution in [0.25, 0.3) is 0 Å². The maximum Gasteiger partial charge on any atom is 0.251 e. The number of allylic oxidation sites excluding steroid dienone is 1. The van der Waals surface area contributed by atoms with Gasteiger partial charge in [0.2, 0.25) is 0 Å². The highest BCUT2D eigenvalue weighted by Crippen LogP contribution is 1.92. The van der Waals surface area contributed by atoms with Crippen molar-refractivity contribution in [2.75, 3.05) is 0 Å². The van der Waals surface area contributed by atoms with Crippen molar-refractivity contribution in [2.24, 2.45) is 5.73 Å². The Morgan fingerprint density at radius 2 is 1.64 bits per heavy atom. The molecule has 0 atom stereocenters. The van der Waals surface area contributed by atoms with Crippen LogP contribution in [0.3, 0.4) is 0 Å². The number of carbonyl (C=O) groups is 2. The first-order valence-electron chi connectivity index (χ1n) is 3.56. The Kier molecular flexibility index (Phi) is 7.98. The average molecular weight is 157 g/mol. The lowest BCUT2D eigenvalue weighted by Gasteiger charge is -1.92. The van der Waals surface area contributed by atoms with Crippen LogP contribution in [0.4, 0.5) is 0 Å². The van der Waals surface area contributed by atoms with E-state index < -0.39 is 5.91 Å². The second kappa shape index (κ2) is 6.99. The van der Waals surface area contributed by atoms with E-state index in [1.165, 1.54) is 13.0 Å². The molecule has 11 heavy (non-hydrogen) atoms. The van der Waals surface area contributed by atoms with Crippen LogP contribution in [0.5, 0.6) is 0 Å². The van der Waals surface area contributed by atoms with Crippen LogP contribution in [0, 0.1) is 0 Å². The van der Waals surface area contributed by atoms with Gasteiger partial charge in [0.15, 0.2) is 5.78 Å². The minimum atomic E-state index is -0.662. The molecule has 0 aliphatic rings. The summed E-state index contributed by atoms with van der Waals surface area (Å²) in [7, 11) is 0. The largest absolute Gasteiger partial charge is 0.365 e. The molecule has 0 unspecified atom stereocenters. The molecule has 2 N–H and O–H groups in total. The number of nitrogens with two attached hydrogens (primary N) is 1.